The van der Waals surface area contributed by atoms with E-state index in [9.17, 15) is 9.59 Å². The number of rotatable bonds is 7. The standard InChI is InChI=1S/C20H25N3O2/c1-4-12-23(13-5-2)20(25)16-10-11-21-18(14-16)19(24)22-17-9-7-6-8-15(17)3/h6-11,14H,4-5,12-13H2,1-3H3,(H,22,24). The van der Waals surface area contributed by atoms with Gasteiger partial charge >= 0.3 is 0 Å². The van der Waals surface area contributed by atoms with Gasteiger partial charge in [0.15, 0.2) is 0 Å². The molecule has 2 rings (SSSR count). The number of pyridine rings is 1. The van der Waals surface area contributed by atoms with E-state index in [1.54, 1.807) is 12.1 Å². The van der Waals surface area contributed by atoms with Gasteiger partial charge in [0.25, 0.3) is 11.8 Å². The summed E-state index contributed by atoms with van der Waals surface area (Å²) in [7, 11) is 0. The van der Waals surface area contributed by atoms with Crippen molar-refractivity contribution in [3.05, 3.63) is 59.4 Å². The molecule has 2 aromatic rings. The molecule has 0 saturated heterocycles. The topological polar surface area (TPSA) is 62.3 Å². The monoisotopic (exact) mass is 339 g/mol. The lowest BCUT2D eigenvalue weighted by Gasteiger charge is -2.21. The molecule has 0 fully saturated rings. The first-order chi connectivity index (χ1) is 12.1. The lowest BCUT2D eigenvalue weighted by Crippen LogP contribution is -2.32. The Hall–Kier alpha value is -2.69. The first kappa shape index (κ1) is 18.6. The summed E-state index contributed by atoms with van der Waals surface area (Å²) < 4.78 is 0. The van der Waals surface area contributed by atoms with Crippen molar-refractivity contribution in [2.45, 2.75) is 33.6 Å². The van der Waals surface area contributed by atoms with E-state index in [1.165, 1.54) is 6.20 Å². The lowest BCUT2D eigenvalue weighted by atomic mass is 10.1. The number of amides is 2. The molecule has 25 heavy (non-hydrogen) atoms. The van der Waals surface area contributed by atoms with E-state index in [2.05, 4.69) is 10.3 Å². The molecule has 0 aliphatic heterocycles. The molecule has 5 heteroatoms. The number of aryl methyl sites for hydroxylation is 1. The summed E-state index contributed by atoms with van der Waals surface area (Å²) >= 11 is 0. The number of carbonyl (C=O) groups excluding carboxylic acids is 2. The Kier molecular flexibility index (Phi) is 6.69. The number of benzene rings is 1. The highest BCUT2D eigenvalue weighted by Crippen LogP contribution is 2.15. The van der Waals surface area contributed by atoms with Crippen LogP contribution in [0.3, 0.4) is 0 Å². The van der Waals surface area contributed by atoms with Crippen molar-refractivity contribution in [2.24, 2.45) is 0 Å². The first-order valence-corrected chi connectivity index (χ1v) is 8.69. The highest BCUT2D eigenvalue weighted by atomic mass is 16.2. The summed E-state index contributed by atoms with van der Waals surface area (Å²) in [5, 5.41) is 2.85. The average Bonchev–Trinajstić information content (AvgIpc) is 2.63. The summed E-state index contributed by atoms with van der Waals surface area (Å²) in [4.78, 5) is 31.1. The van der Waals surface area contributed by atoms with Crippen LogP contribution in [0.1, 0.15) is 53.1 Å². The average molecular weight is 339 g/mol. The summed E-state index contributed by atoms with van der Waals surface area (Å²) in [6, 6.07) is 10.8. The molecule has 0 atom stereocenters. The molecule has 2 amide bonds. The van der Waals surface area contributed by atoms with E-state index in [4.69, 9.17) is 0 Å². The number of carbonyl (C=O) groups is 2. The Bertz CT molecular complexity index is 737. The molecule has 132 valence electrons. The van der Waals surface area contributed by atoms with Gasteiger partial charge in [-0.15, -0.1) is 0 Å². The summed E-state index contributed by atoms with van der Waals surface area (Å²) in [6.07, 6.45) is 3.31. The van der Waals surface area contributed by atoms with Gasteiger partial charge < -0.3 is 10.2 Å². The number of hydrogen-bond acceptors (Lipinski definition) is 3. The maximum Gasteiger partial charge on any atom is 0.274 e. The Morgan fingerprint density at radius 2 is 1.76 bits per heavy atom. The fraction of sp³-hybridized carbons (Fsp3) is 0.350. The second-order valence-corrected chi connectivity index (χ2v) is 5.99. The number of anilines is 1. The fourth-order valence-electron chi connectivity index (χ4n) is 2.62. The van der Waals surface area contributed by atoms with Crippen molar-refractivity contribution in [1.82, 2.24) is 9.88 Å². The van der Waals surface area contributed by atoms with Crippen LogP contribution in [0.15, 0.2) is 42.6 Å². The molecule has 1 aromatic carbocycles. The molecule has 0 bridgehead atoms. The van der Waals surface area contributed by atoms with Crippen LogP contribution >= 0.6 is 0 Å². The minimum atomic E-state index is -0.318. The quantitative estimate of drug-likeness (QED) is 0.832. The van der Waals surface area contributed by atoms with Gasteiger partial charge in [0.1, 0.15) is 5.69 Å². The van der Waals surface area contributed by atoms with E-state index in [1.807, 2.05) is 49.9 Å². The smallest absolute Gasteiger partial charge is 0.274 e. The van der Waals surface area contributed by atoms with Gasteiger partial charge in [-0.05, 0) is 43.5 Å². The minimum absolute atomic E-state index is 0.0592. The third kappa shape index (κ3) is 4.89. The summed E-state index contributed by atoms with van der Waals surface area (Å²) in [5.74, 6) is -0.377. The highest BCUT2D eigenvalue weighted by Gasteiger charge is 2.17. The van der Waals surface area contributed by atoms with Crippen LogP contribution < -0.4 is 5.32 Å². The highest BCUT2D eigenvalue weighted by molar-refractivity contribution is 6.05. The zero-order valence-corrected chi connectivity index (χ0v) is 15.1. The van der Waals surface area contributed by atoms with Gasteiger partial charge in [-0.3, -0.25) is 14.6 Å². The van der Waals surface area contributed by atoms with Crippen molar-refractivity contribution in [3.8, 4) is 0 Å². The third-order valence-corrected chi connectivity index (χ3v) is 3.91. The van der Waals surface area contributed by atoms with Gasteiger partial charge in [-0.1, -0.05) is 32.0 Å². The lowest BCUT2D eigenvalue weighted by molar-refractivity contribution is 0.0755. The molecule has 0 unspecified atom stereocenters. The summed E-state index contributed by atoms with van der Waals surface area (Å²) in [5.41, 5.74) is 2.44. The Morgan fingerprint density at radius 3 is 2.40 bits per heavy atom. The summed E-state index contributed by atoms with van der Waals surface area (Å²) in [6.45, 7) is 7.43. The molecule has 0 aliphatic rings. The van der Waals surface area contributed by atoms with Gasteiger partial charge in [0.05, 0.1) is 0 Å². The van der Waals surface area contributed by atoms with Gasteiger partial charge in [0.2, 0.25) is 0 Å². The molecule has 1 N–H and O–H groups in total. The Morgan fingerprint density at radius 1 is 1.08 bits per heavy atom. The van der Waals surface area contributed by atoms with Crippen molar-refractivity contribution < 1.29 is 9.59 Å². The van der Waals surface area contributed by atoms with E-state index >= 15 is 0 Å². The molecule has 5 nitrogen and oxygen atoms in total. The van der Waals surface area contributed by atoms with Gasteiger partial charge in [-0.2, -0.15) is 0 Å². The number of aromatic nitrogens is 1. The predicted molar refractivity (Wildman–Crippen MR) is 99.9 cm³/mol. The maximum absolute atomic E-state index is 12.7. The number of hydrogen-bond donors (Lipinski definition) is 1. The number of para-hydroxylation sites is 1. The molecule has 1 aromatic heterocycles. The van der Waals surface area contributed by atoms with Crippen LogP contribution in [0.2, 0.25) is 0 Å². The first-order valence-electron chi connectivity index (χ1n) is 8.69. The van der Waals surface area contributed by atoms with Gasteiger partial charge in [0, 0.05) is 30.5 Å². The van der Waals surface area contributed by atoms with Crippen LogP contribution in [0, 0.1) is 6.92 Å². The fourth-order valence-corrected chi connectivity index (χ4v) is 2.62. The predicted octanol–water partition coefficient (Wildman–Crippen LogP) is 3.90. The van der Waals surface area contributed by atoms with Crippen molar-refractivity contribution >= 4 is 17.5 Å². The molecular formula is C20H25N3O2. The third-order valence-electron chi connectivity index (χ3n) is 3.91. The second-order valence-electron chi connectivity index (χ2n) is 5.99. The van der Waals surface area contributed by atoms with E-state index in [0.717, 1.165) is 24.1 Å². The molecule has 1 heterocycles. The van der Waals surface area contributed by atoms with Crippen LogP contribution in [-0.4, -0.2) is 34.8 Å². The van der Waals surface area contributed by atoms with Crippen molar-refractivity contribution in [1.29, 1.82) is 0 Å². The molecule has 0 radical (unpaired) electrons. The zero-order chi connectivity index (χ0) is 18.2. The van der Waals surface area contributed by atoms with Crippen LogP contribution in [-0.2, 0) is 0 Å². The molecule has 0 aliphatic carbocycles. The normalized spacial score (nSPS) is 10.4. The van der Waals surface area contributed by atoms with Gasteiger partial charge in [-0.25, -0.2) is 0 Å². The Labute approximate surface area is 149 Å². The zero-order valence-electron chi connectivity index (χ0n) is 15.1. The SMILES string of the molecule is CCCN(CCC)C(=O)c1ccnc(C(=O)Nc2ccccc2C)c1. The van der Waals surface area contributed by atoms with Crippen molar-refractivity contribution in [2.75, 3.05) is 18.4 Å². The van der Waals surface area contributed by atoms with E-state index < -0.39 is 0 Å². The number of nitrogens with one attached hydrogen (secondary N) is 1. The van der Waals surface area contributed by atoms with Crippen LogP contribution in [0.25, 0.3) is 0 Å². The van der Waals surface area contributed by atoms with Crippen molar-refractivity contribution in [3.63, 3.8) is 0 Å². The van der Waals surface area contributed by atoms with Crippen LogP contribution in [0.4, 0.5) is 5.69 Å². The Balaban J connectivity index is 2.18. The molecule has 0 spiro atoms. The minimum Gasteiger partial charge on any atom is -0.339 e. The molecular weight excluding hydrogens is 314 g/mol. The number of nitrogens with zero attached hydrogens (tertiary/aromatic N) is 2. The van der Waals surface area contributed by atoms with E-state index in [-0.39, 0.29) is 17.5 Å². The second kappa shape index (κ2) is 8.97. The molecule has 0 saturated carbocycles. The largest absolute Gasteiger partial charge is 0.339 e. The van der Waals surface area contributed by atoms with Crippen LogP contribution in [0.5, 0.6) is 0 Å². The van der Waals surface area contributed by atoms with E-state index in [0.29, 0.717) is 18.7 Å². The maximum atomic E-state index is 12.7.